The van der Waals surface area contributed by atoms with Gasteiger partial charge in [0.2, 0.25) is 10.0 Å². The van der Waals surface area contributed by atoms with Crippen LogP contribution in [0.15, 0.2) is 53.4 Å². The Balaban J connectivity index is 1.68. The molecule has 0 N–H and O–H groups in total. The first-order chi connectivity index (χ1) is 13.1. The molecule has 150 valence electrons. The van der Waals surface area contributed by atoms with Crippen molar-refractivity contribution in [2.75, 3.05) is 26.2 Å². The zero-order valence-electron chi connectivity index (χ0n) is 14.5. The minimum Gasteiger partial charge on any atom is -0.336 e. The first-order valence-corrected chi connectivity index (χ1v) is 9.76. The molecular formula is C18H16F4N2O3S. The first-order valence-electron chi connectivity index (χ1n) is 8.32. The predicted molar refractivity (Wildman–Crippen MR) is 92.5 cm³/mol. The number of sulfonamides is 1. The van der Waals surface area contributed by atoms with Crippen LogP contribution in [0.5, 0.6) is 0 Å². The van der Waals surface area contributed by atoms with E-state index in [2.05, 4.69) is 0 Å². The zero-order valence-corrected chi connectivity index (χ0v) is 15.3. The summed E-state index contributed by atoms with van der Waals surface area (Å²) in [7, 11) is -4.03. The molecule has 2 aromatic carbocycles. The molecule has 0 saturated carbocycles. The summed E-state index contributed by atoms with van der Waals surface area (Å²) in [5, 5.41) is 0. The average Bonchev–Trinajstić information content (AvgIpc) is 2.67. The van der Waals surface area contributed by atoms with Gasteiger partial charge in [0.25, 0.3) is 5.91 Å². The molecule has 0 unspecified atom stereocenters. The van der Waals surface area contributed by atoms with Crippen LogP contribution in [0.1, 0.15) is 15.9 Å². The van der Waals surface area contributed by atoms with Gasteiger partial charge in [0, 0.05) is 31.7 Å². The fourth-order valence-corrected chi connectivity index (χ4v) is 4.40. The Kier molecular flexibility index (Phi) is 5.44. The highest BCUT2D eigenvalue weighted by Crippen LogP contribution is 2.29. The Morgan fingerprint density at radius 2 is 1.46 bits per heavy atom. The Morgan fingerprint density at radius 1 is 0.893 bits per heavy atom. The molecule has 1 fully saturated rings. The Bertz CT molecular complexity index is 967. The van der Waals surface area contributed by atoms with Crippen molar-refractivity contribution in [2.24, 2.45) is 0 Å². The van der Waals surface area contributed by atoms with Crippen molar-refractivity contribution >= 4 is 15.9 Å². The van der Waals surface area contributed by atoms with E-state index in [0.29, 0.717) is 0 Å². The van der Waals surface area contributed by atoms with Gasteiger partial charge in [-0.2, -0.15) is 17.5 Å². The fourth-order valence-electron chi connectivity index (χ4n) is 2.91. The van der Waals surface area contributed by atoms with Gasteiger partial charge >= 0.3 is 6.18 Å². The highest BCUT2D eigenvalue weighted by molar-refractivity contribution is 7.89. The maximum Gasteiger partial charge on any atom is 0.416 e. The summed E-state index contributed by atoms with van der Waals surface area (Å²) in [5.41, 5.74) is -0.775. The number of carbonyl (C=O) groups is 1. The van der Waals surface area contributed by atoms with Gasteiger partial charge in [0.15, 0.2) is 0 Å². The molecule has 0 radical (unpaired) electrons. The van der Waals surface area contributed by atoms with Crippen molar-refractivity contribution in [3.63, 3.8) is 0 Å². The lowest BCUT2D eigenvalue weighted by Gasteiger charge is -2.34. The number of hydrogen-bond acceptors (Lipinski definition) is 3. The molecule has 5 nitrogen and oxygen atoms in total. The number of piperazine rings is 1. The fraction of sp³-hybridized carbons (Fsp3) is 0.278. The van der Waals surface area contributed by atoms with Crippen LogP contribution >= 0.6 is 0 Å². The third-order valence-electron chi connectivity index (χ3n) is 4.44. The van der Waals surface area contributed by atoms with E-state index in [4.69, 9.17) is 0 Å². The lowest BCUT2D eigenvalue weighted by atomic mass is 10.1. The van der Waals surface area contributed by atoms with E-state index in [9.17, 15) is 30.8 Å². The van der Waals surface area contributed by atoms with Crippen LogP contribution in [-0.4, -0.2) is 49.7 Å². The number of amides is 1. The molecule has 3 rings (SSSR count). The molecule has 0 spiro atoms. The van der Waals surface area contributed by atoms with Crippen LogP contribution in [0.2, 0.25) is 0 Å². The second kappa shape index (κ2) is 7.51. The van der Waals surface area contributed by atoms with Crippen LogP contribution in [0.25, 0.3) is 0 Å². The number of nitrogens with zero attached hydrogens (tertiary/aromatic N) is 2. The number of hydrogen-bond donors (Lipinski definition) is 0. The monoisotopic (exact) mass is 416 g/mol. The summed E-state index contributed by atoms with van der Waals surface area (Å²) in [6.45, 7) is 0.0210. The molecule has 0 aliphatic carbocycles. The highest BCUT2D eigenvalue weighted by atomic mass is 32.2. The normalized spacial score (nSPS) is 16.2. The third kappa shape index (κ3) is 4.02. The number of alkyl halides is 3. The van der Waals surface area contributed by atoms with Crippen LogP contribution in [0.4, 0.5) is 17.6 Å². The van der Waals surface area contributed by atoms with Crippen LogP contribution < -0.4 is 0 Å². The topological polar surface area (TPSA) is 57.7 Å². The minimum absolute atomic E-state index is 0.0386. The molecule has 0 atom stereocenters. The molecule has 2 aromatic rings. The Hall–Kier alpha value is -2.46. The van der Waals surface area contributed by atoms with Crippen LogP contribution in [-0.2, 0) is 16.2 Å². The largest absolute Gasteiger partial charge is 0.416 e. The molecule has 1 heterocycles. The van der Waals surface area contributed by atoms with Gasteiger partial charge in [0.05, 0.1) is 5.56 Å². The molecular weight excluding hydrogens is 400 g/mol. The molecule has 1 amide bonds. The number of rotatable bonds is 3. The number of halogens is 4. The van der Waals surface area contributed by atoms with E-state index in [0.717, 1.165) is 34.6 Å². The van der Waals surface area contributed by atoms with Gasteiger partial charge in [-0.3, -0.25) is 4.79 Å². The van der Waals surface area contributed by atoms with Crippen LogP contribution in [0.3, 0.4) is 0 Å². The van der Waals surface area contributed by atoms with Crippen molar-refractivity contribution in [2.45, 2.75) is 11.1 Å². The first kappa shape index (κ1) is 20.3. The van der Waals surface area contributed by atoms with Crippen molar-refractivity contribution in [1.82, 2.24) is 9.21 Å². The van der Waals surface area contributed by atoms with E-state index in [1.165, 1.54) is 23.1 Å². The molecule has 1 aliphatic heterocycles. The summed E-state index contributed by atoms with van der Waals surface area (Å²) in [5.74, 6) is -1.34. The van der Waals surface area contributed by atoms with Crippen molar-refractivity contribution in [1.29, 1.82) is 0 Å². The summed E-state index contributed by atoms with van der Waals surface area (Å²) >= 11 is 0. The third-order valence-corrected chi connectivity index (χ3v) is 6.37. The molecule has 28 heavy (non-hydrogen) atoms. The van der Waals surface area contributed by atoms with E-state index >= 15 is 0 Å². The average molecular weight is 416 g/mol. The SMILES string of the molecule is O=C(c1ccc(C(F)(F)F)cc1)N1CCN(S(=O)(=O)c2ccccc2F)CC1. The second-order valence-electron chi connectivity index (χ2n) is 6.20. The van der Waals surface area contributed by atoms with Gasteiger partial charge in [-0.15, -0.1) is 0 Å². The lowest BCUT2D eigenvalue weighted by Crippen LogP contribution is -2.50. The number of carbonyl (C=O) groups excluding carboxylic acids is 1. The molecule has 0 bridgehead atoms. The van der Waals surface area contributed by atoms with Gasteiger partial charge < -0.3 is 4.90 Å². The van der Waals surface area contributed by atoms with E-state index < -0.39 is 38.4 Å². The summed E-state index contributed by atoms with van der Waals surface area (Å²) in [6.07, 6.45) is -4.49. The van der Waals surface area contributed by atoms with Crippen molar-refractivity contribution in [3.05, 3.63) is 65.5 Å². The Morgan fingerprint density at radius 3 is 2.00 bits per heavy atom. The van der Waals surface area contributed by atoms with Gasteiger partial charge in [-0.25, -0.2) is 12.8 Å². The van der Waals surface area contributed by atoms with Gasteiger partial charge in [-0.1, -0.05) is 12.1 Å². The van der Waals surface area contributed by atoms with E-state index in [-0.39, 0.29) is 31.7 Å². The molecule has 1 saturated heterocycles. The highest BCUT2D eigenvalue weighted by Gasteiger charge is 2.33. The maximum absolute atomic E-state index is 13.8. The van der Waals surface area contributed by atoms with Crippen molar-refractivity contribution < 1.29 is 30.8 Å². The maximum atomic E-state index is 13.8. The predicted octanol–water partition coefficient (Wildman–Crippen LogP) is 2.99. The minimum atomic E-state index is -4.49. The smallest absolute Gasteiger partial charge is 0.336 e. The van der Waals surface area contributed by atoms with Crippen molar-refractivity contribution in [3.8, 4) is 0 Å². The summed E-state index contributed by atoms with van der Waals surface area (Å²) < 4.78 is 77.9. The van der Waals surface area contributed by atoms with Gasteiger partial charge in [-0.05, 0) is 36.4 Å². The van der Waals surface area contributed by atoms with E-state index in [1.807, 2.05) is 0 Å². The lowest BCUT2D eigenvalue weighted by molar-refractivity contribution is -0.137. The van der Waals surface area contributed by atoms with Gasteiger partial charge in [0.1, 0.15) is 10.7 Å². The summed E-state index contributed by atoms with van der Waals surface area (Å²) in [6, 6.07) is 8.86. The zero-order chi connectivity index (χ0) is 20.5. The molecule has 0 aromatic heterocycles. The second-order valence-corrected chi connectivity index (χ2v) is 8.11. The number of benzene rings is 2. The Labute approximate surface area is 159 Å². The standard InChI is InChI=1S/C18H16F4N2O3S/c19-15-3-1-2-4-16(15)28(26,27)24-11-9-23(10-12-24)17(25)13-5-7-14(8-6-13)18(20,21)22/h1-8H,9-12H2. The molecule has 1 aliphatic rings. The van der Waals surface area contributed by atoms with E-state index in [1.54, 1.807) is 0 Å². The van der Waals surface area contributed by atoms with Crippen LogP contribution in [0, 0.1) is 5.82 Å². The quantitative estimate of drug-likeness (QED) is 0.723. The molecule has 10 heteroatoms. The summed E-state index contributed by atoms with van der Waals surface area (Å²) in [4.78, 5) is 13.4.